The molecule has 0 unspecified atom stereocenters. The van der Waals surface area contributed by atoms with Crippen molar-refractivity contribution < 1.29 is 0 Å². The maximum absolute atomic E-state index is 12.1. The predicted octanol–water partition coefficient (Wildman–Crippen LogP) is 3.60. The first kappa shape index (κ1) is 18.4. The molecule has 0 amide bonds. The molecule has 0 atom stereocenters. The van der Waals surface area contributed by atoms with Gasteiger partial charge < -0.3 is 0 Å². The van der Waals surface area contributed by atoms with Crippen molar-refractivity contribution in [3.8, 4) is 5.69 Å². The number of aryl methyl sites for hydroxylation is 1. The number of hydrogen-bond acceptors (Lipinski definition) is 5. The number of benzene rings is 1. The van der Waals surface area contributed by atoms with Gasteiger partial charge in [0.05, 0.1) is 15.7 Å². The van der Waals surface area contributed by atoms with Crippen molar-refractivity contribution in [1.29, 1.82) is 0 Å². The summed E-state index contributed by atoms with van der Waals surface area (Å²) in [5.41, 5.74) is 5.01. The Kier molecular flexibility index (Phi) is 5.56. The summed E-state index contributed by atoms with van der Waals surface area (Å²) in [5, 5.41) is 0.697. The standard InChI is InChI=1S/C11H11Cl2N5O.C7H6/c1-2-8-15-10(17-14)16-11(19)18(8)9-6(12)4-3-5-7(9)13;1-2-7-4-3-6(1)5-7/h3-5H,2,14H2,1H3,(H,16,17,19);1-4H,5H2. The van der Waals surface area contributed by atoms with E-state index in [1.165, 1.54) is 22.1 Å². The molecule has 134 valence electrons. The molecule has 8 heteroatoms. The number of aromatic nitrogens is 3. The van der Waals surface area contributed by atoms with Crippen molar-refractivity contribution in [2.75, 3.05) is 5.43 Å². The number of allylic oxidation sites excluding steroid dienone is 6. The highest BCUT2D eigenvalue weighted by molar-refractivity contribution is 6.37. The number of nitrogens with one attached hydrogen (secondary N) is 1. The second-order valence-corrected chi connectivity index (χ2v) is 6.46. The van der Waals surface area contributed by atoms with Gasteiger partial charge in [0.2, 0.25) is 5.95 Å². The Hall–Kier alpha value is -2.41. The van der Waals surface area contributed by atoms with E-state index in [0.29, 0.717) is 28.0 Å². The summed E-state index contributed by atoms with van der Waals surface area (Å²) in [6.45, 7) is 1.85. The third-order valence-electron chi connectivity index (χ3n) is 3.92. The van der Waals surface area contributed by atoms with Gasteiger partial charge in [0.1, 0.15) is 5.82 Å². The smallest absolute Gasteiger partial charge is 0.292 e. The van der Waals surface area contributed by atoms with Crippen molar-refractivity contribution >= 4 is 29.2 Å². The molecule has 1 aromatic heterocycles. The molecule has 3 N–H and O–H groups in total. The summed E-state index contributed by atoms with van der Waals surface area (Å²) in [6.07, 6.45) is 10.4. The number of para-hydroxylation sites is 1. The normalized spacial score (nSPS) is 13.8. The van der Waals surface area contributed by atoms with Crippen molar-refractivity contribution in [3.63, 3.8) is 0 Å². The molecule has 0 saturated heterocycles. The number of fused-ring (bicyclic) bond motifs is 2. The van der Waals surface area contributed by atoms with Crippen LogP contribution in [0.5, 0.6) is 0 Å². The van der Waals surface area contributed by atoms with E-state index >= 15 is 0 Å². The van der Waals surface area contributed by atoms with Crippen LogP contribution in [0.1, 0.15) is 19.2 Å². The lowest BCUT2D eigenvalue weighted by Gasteiger charge is -2.13. The maximum atomic E-state index is 12.1. The predicted molar refractivity (Wildman–Crippen MR) is 105 cm³/mol. The lowest BCUT2D eigenvalue weighted by molar-refractivity contribution is 0.770. The van der Waals surface area contributed by atoms with Crippen LogP contribution >= 0.6 is 23.2 Å². The van der Waals surface area contributed by atoms with Gasteiger partial charge in [-0.2, -0.15) is 9.97 Å². The van der Waals surface area contributed by atoms with Crippen LogP contribution in [0.2, 0.25) is 10.0 Å². The maximum Gasteiger partial charge on any atom is 0.357 e. The molecule has 0 spiro atoms. The van der Waals surface area contributed by atoms with Gasteiger partial charge in [0.15, 0.2) is 0 Å². The van der Waals surface area contributed by atoms with E-state index in [9.17, 15) is 4.79 Å². The molecule has 2 aliphatic rings. The third kappa shape index (κ3) is 3.72. The van der Waals surface area contributed by atoms with Crippen LogP contribution in [-0.4, -0.2) is 14.5 Å². The Bertz CT molecular complexity index is 951. The zero-order valence-electron chi connectivity index (χ0n) is 14.0. The lowest BCUT2D eigenvalue weighted by Crippen LogP contribution is -2.29. The molecule has 0 fully saturated rings. The minimum atomic E-state index is -0.546. The second-order valence-electron chi connectivity index (χ2n) is 5.64. The molecule has 2 aromatic rings. The van der Waals surface area contributed by atoms with E-state index in [2.05, 4.69) is 39.7 Å². The molecule has 6 nitrogen and oxygen atoms in total. The van der Waals surface area contributed by atoms with E-state index in [4.69, 9.17) is 29.0 Å². The van der Waals surface area contributed by atoms with Crippen LogP contribution in [0.15, 0.2) is 58.4 Å². The number of nitrogens with zero attached hydrogens (tertiary/aromatic N) is 3. The van der Waals surface area contributed by atoms with Gasteiger partial charge >= 0.3 is 5.69 Å². The molecular formula is C18H17Cl2N5O. The Balaban J connectivity index is 0.000000229. The summed E-state index contributed by atoms with van der Waals surface area (Å²) in [6, 6.07) is 4.98. The first-order chi connectivity index (χ1) is 12.5. The van der Waals surface area contributed by atoms with Crippen LogP contribution in [0.4, 0.5) is 5.95 Å². The first-order valence-corrected chi connectivity index (χ1v) is 8.78. The zero-order chi connectivity index (χ0) is 18.7. The van der Waals surface area contributed by atoms with E-state index in [1.54, 1.807) is 18.2 Å². The summed E-state index contributed by atoms with van der Waals surface area (Å²) in [4.78, 5) is 19.9. The minimum Gasteiger partial charge on any atom is -0.292 e. The van der Waals surface area contributed by atoms with Gasteiger partial charge in [-0.15, -0.1) is 0 Å². The highest BCUT2D eigenvalue weighted by Crippen LogP contribution is 2.28. The molecule has 2 aliphatic carbocycles. The second kappa shape index (κ2) is 7.86. The first-order valence-electron chi connectivity index (χ1n) is 8.02. The quantitative estimate of drug-likeness (QED) is 0.618. The minimum absolute atomic E-state index is 0.0567. The fourth-order valence-corrected chi connectivity index (χ4v) is 3.25. The average molecular weight is 390 g/mol. The van der Waals surface area contributed by atoms with E-state index in [1.807, 2.05) is 6.92 Å². The highest BCUT2D eigenvalue weighted by atomic mass is 35.5. The van der Waals surface area contributed by atoms with E-state index < -0.39 is 5.69 Å². The van der Waals surface area contributed by atoms with Gasteiger partial charge in [-0.3, -0.25) is 5.43 Å². The molecule has 1 heterocycles. The molecule has 4 rings (SSSR count). The van der Waals surface area contributed by atoms with Gasteiger partial charge in [0, 0.05) is 6.42 Å². The zero-order valence-corrected chi connectivity index (χ0v) is 15.6. The average Bonchev–Trinajstić information content (AvgIpc) is 3.28. The summed E-state index contributed by atoms with van der Waals surface area (Å²) < 4.78 is 1.28. The van der Waals surface area contributed by atoms with Crippen molar-refractivity contribution in [2.45, 2.75) is 19.8 Å². The third-order valence-corrected chi connectivity index (χ3v) is 4.53. The lowest BCUT2D eigenvalue weighted by atomic mass is 10.3. The van der Waals surface area contributed by atoms with E-state index in [-0.39, 0.29) is 5.95 Å². The monoisotopic (exact) mass is 389 g/mol. The number of nitrogens with two attached hydrogens (primary N) is 1. The fourth-order valence-electron chi connectivity index (χ4n) is 2.69. The van der Waals surface area contributed by atoms with Crippen LogP contribution in [0.25, 0.3) is 5.69 Å². The summed E-state index contributed by atoms with van der Waals surface area (Å²) in [7, 11) is 0. The number of rotatable bonds is 3. The number of halogens is 2. The van der Waals surface area contributed by atoms with Crippen LogP contribution in [-0.2, 0) is 6.42 Å². The Morgan fingerprint density at radius 3 is 2.19 bits per heavy atom. The van der Waals surface area contributed by atoms with Crippen LogP contribution in [0.3, 0.4) is 0 Å². The summed E-state index contributed by atoms with van der Waals surface area (Å²) in [5.74, 6) is 5.73. The van der Waals surface area contributed by atoms with Gasteiger partial charge in [-0.25, -0.2) is 15.2 Å². The van der Waals surface area contributed by atoms with Gasteiger partial charge in [-0.05, 0) is 29.7 Å². The fraction of sp³-hybridized carbons (Fsp3) is 0.167. The Morgan fingerprint density at radius 1 is 1.15 bits per heavy atom. The highest BCUT2D eigenvalue weighted by Gasteiger charge is 2.15. The molecule has 1 aromatic carbocycles. The van der Waals surface area contributed by atoms with Crippen LogP contribution < -0.4 is 17.0 Å². The number of hydrogen-bond donors (Lipinski definition) is 2. The molecular weight excluding hydrogens is 373 g/mol. The van der Waals surface area contributed by atoms with Crippen LogP contribution in [0, 0.1) is 0 Å². The number of hydrazine groups is 1. The largest absolute Gasteiger partial charge is 0.357 e. The van der Waals surface area contributed by atoms with Gasteiger partial charge in [-0.1, -0.05) is 60.5 Å². The SMILES string of the molecule is C1=CC2=CC=C1C2.CCc1nc(NN)nc(=O)n1-c1c(Cl)cccc1Cl. The van der Waals surface area contributed by atoms with Gasteiger partial charge in [0.25, 0.3) is 0 Å². The topological polar surface area (TPSA) is 85.8 Å². The Labute approximate surface area is 160 Å². The number of anilines is 1. The molecule has 0 saturated carbocycles. The molecule has 26 heavy (non-hydrogen) atoms. The Morgan fingerprint density at radius 2 is 1.77 bits per heavy atom. The van der Waals surface area contributed by atoms with Crippen molar-refractivity contribution in [1.82, 2.24) is 14.5 Å². The summed E-state index contributed by atoms with van der Waals surface area (Å²) >= 11 is 12.2. The molecule has 0 aliphatic heterocycles. The molecule has 0 radical (unpaired) electrons. The van der Waals surface area contributed by atoms with Crippen molar-refractivity contribution in [3.05, 3.63) is 80.0 Å². The van der Waals surface area contributed by atoms with Crippen molar-refractivity contribution in [2.24, 2.45) is 5.84 Å². The van der Waals surface area contributed by atoms with E-state index in [0.717, 1.165) is 0 Å². The molecule has 2 bridgehead atoms. The number of nitrogen functional groups attached to an aromatic ring is 1.